The summed E-state index contributed by atoms with van der Waals surface area (Å²) in [5.41, 5.74) is 1.28. The standard InChI is InChI=1S/C12H16N4/c1-10(11-6-4-3-5-7-11)13-8-12-15-14-9-16(12)2/h3-7,9-10,13H,8H2,1-2H3. The van der Waals surface area contributed by atoms with E-state index in [0.717, 1.165) is 12.4 Å². The van der Waals surface area contributed by atoms with Gasteiger partial charge < -0.3 is 9.88 Å². The summed E-state index contributed by atoms with van der Waals surface area (Å²) in [6.07, 6.45) is 1.71. The lowest BCUT2D eigenvalue weighted by atomic mass is 10.1. The Morgan fingerprint density at radius 3 is 2.69 bits per heavy atom. The van der Waals surface area contributed by atoms with Crippen molar-refractivity contribution >= 4 is 0 Å². The smallest absolute Gasteiger partial charge is 0.146 e. The SMILES string of the molecule is CC(NCc1nncn1C)c1ccccc1. The molecule has 1 N–H and O–H groups in total. The maximum atomic E-state index is 4.03. The van der Waals surface area contributed by atoms with Gasteiger partial charge in [0.15, 0.2) is 0 Å². The van der Waals surface area contributed by atoms with Crippen molar-refractivity contribution in [1.29, 1.82) is 0 Å². The van der Waals surface area contributed by atoms with Gasteiger partial charge in [-0.1, -0.05) is 30.3 Å². The Hall–Kier alpha value is -1.68. The number of aryl methyl sites for hydroxylation is 1. The molecule has 4 nitrogen and oxygen atoms in total. The number of aromatic nitrogens is 3. The van der Waals surface area contributed by atoms with Gasteiger partial charge in [0.05, 0.1) is 6.54 Å². The summed E-state index contributed by atoms with van der Waals surface area (Å²) in [7, 11) is 1.95. The molecule has 0 aliphatic carbocycles. The fourth-order valence-corrected chi connectivity index (χ4v) is 1.57. The topological polar surface area (TPSA) is 42.7 Å². The van der Waals surface area contributed by atoms with Gasteiger partial charge in [-0.3, -0.25) is 0 Å². The molecule has 16 heavy (non-hydrogen) atoms. The summed E-state index contributed by atoms with van der Waals surface area (Å²) in [6, 6.07) is 10.7. The van der Waals surface area contributed by atoms with Crippen LogP contribution >= 0.6 is 0 Å². The summed E-state index contributed by atoms with van der Waals surface area (Å²) >= 11 is 0. The van der Waals surface area contributed by atoms with Crippen LogP contribution in [-0.2, 0) is 13.6 Å². The van der Waals surface area contributed by atoms with Crippen molar-refractivity contribution < 1.29 is 0 Å². The molecule has 4 heteroatoms. The van der Waals surface area contributed by atoms with Crippen LogP contribution in [0.1, 0.15) is 24.4 Å². The number of nitrogens with zero attached hydrogens (tertiary/aromatic N) is 3. The van der Waals surface area contributed by atoms with Crippen molar-refractivity contribution in [3.63, 3.8) is 0 Å². The second-order valence-electron chi connectivity index (χ2n) is 3.87. The van der Waals surface area contributed by atoms with Gasteiger partial charge in [0.1, 0.15) is 12.2 Å². The molecule has 1 unspecified atom stereocenters. The van der Waals surface area contributed by atoms with Crippen molar-refractivity contribution in [2.24, 2.45) is 7.05 Å². The van der Waals surface area contributed by atoms with Gasteiger partial charge >= 0.3 is 0 Å². The minimum absolute atomic E-state index is 0.318. The molecule has 1 aromatic heterocycles. The van der Waals surface area contributed by atoms with Crippen molar-refractivity contribution in [2.75, 3.05) is 0 Å². The van der Waals surface area contributed by atoms with Gasteiger partial charge in [-0.2, -0.15) is 0 Å². The van der Waals surface area contributed by atoms with Gasteiger partial charge in [0.2, 0.25) is 0 Å². The van der Waals surface area contributed by atoms with Crippen molar-refractivity contribution in [3.05, 3.63) is 48.0 Å². The van der Waals surface area contributed by atoms with Gasteiger partial charge in [0, 0.05) is 13.1 Å². The number of nitrogens with one attached hydrogen (secondary N) is 1. The molecule has 0 amide bonds. The quantitative estimate of drug-likeness (QED) is 0.845. The van der Waals surface area contributed by atoms with E-state index in [4.69, 9.17) is 0 Å². The molecule has 0 fully saturated rings. The molecule has 1 aromatic carbocycles. The Balaban J connectivity index is 1.94. The fraction of sp³-hybridized carbons (Fsp3) is 0.333. The first-order valence-corrected chi connectivity index (χ1v) is 5.38. The lowest BCUT2D eigenvalue weighted by Crippen LogP contribution is -2.20. The molecular weight excluding hydrogens is 200 g/mol. The largest absolute Gasteiger partial charge is 0.320 e. The predicted octanol–water partition coefficient (Wildman–Crippen LogP) is 1.67. The fourth-order valence-electron chi connectivity index (χ4n) is 1.57. The molecule has 0 spiro atoms. The first-order chi connectivity index (χ1) is 7.77. The highest BCUT2D eigenvalue weighted by molar-refractivity contribution is 5.18. The van der Waals surface area contributed by atoms with Crippen LogP contribution in [0.25, 0.3) is 0 Å². The summed E-state index contributed by atoms with van der Waals surface area (Å²) in [4.78, 5) is 0. The first-order valence-electron chi connectivity index (χ1n) is 5.38. The van der Waals surface area contributed by atoms with Crippen LogP contribution in [0.3, 0.4) is 0 Å². The van der Waals surface area contributed by atoms with Crippen LogP contribution < -0.4 is 5.32 Å². The first kappa shape index (κ1) is 10.8. The van der Waals surface area contributed by atoms with Gasteiger partial charge in [-0.05, 0) is 12.5 Å². The van der Waals surface area contributed by atoms with E-state index < -0.39 is 0 Å². The van der Waals surface area contributed by atoms with Crippen LogP contribution in [0.5, 0.6) is 0 Å². The lowest BCUT2D eigenvalue weighted by Gasteiger charge is -2.13. The molecule has 0 aliphatic rings. The summed E-state index contributed by atoms with van der Waals surface area (Å²) < 4.78 is 1.92. The second-order valence-corrected chi connectivity index (χ2v) is 3.87. The number of benzene rings is 1. The number of hydrogen-bond donors (Lipinski definition) is 1. The van der Waals surface area contributed by atoms with Crippen LogP contribution in [0, 0.1) is 0 Å². The van der Waals surface area contributed by atoms with E-state index in [1.54, 1.807) is 6.33 Å². The van der Waals surface area contributed by atoms with E-state index >= 15 is 0 Å². The Bertz CT molecular complexity index is 435. The third-order valence-corrected chi connectivity index (χ3v) is 2.67. The molecule has 2 rings (SSSR count). The van der Waals surface area contributed by atoms with Crippen LogP contribution in [0.15, 0.2) is 36.7 Å². The van der Waals surface area contributed by atoms with E-state index in [-0.39, 0.29) is 0 Å². The molecule has 84 valence electrons. The molecule has 0 radical (unpaired) electrons. The Labute approximate surface area is 95.3 Å². The molecule has 0 aliphatic heterocycles. The average molecular weight is 216 g/mol. The zero-order valence-electron chi connectivity index (χ0n) is 9.59. The van der Waals surface area contributed by atoms with Gasteiger partial charge in [-0.25, -0.2) is 0 Å². The molecule has 0 saturated carbocycles. The summed E-state index contributed by atoms with van der Waals surface area (Å²) in [5.74, 6) is 0.947. The monoisotopic (exact) mass is 216 g/mol. The zero-order valence-corrected chi connectivity index (χ0v) is 9.59. The second kappa shape index (κ2) is 4.90. The van der Waals surface area contributed by atoms with Gasteiger partial charge in [-0.15, -0.1) is 10.2 Å². The van der Waals surface area contributed by atoms with Crippen molar-refractivity contribution in [2.45, 2.75) is 19.5 Å². The van der Waals surface area contributed by atoms with E-state index in [1.165, 1.54) is 5.56 Å². The Kier molecular flexibility index (Phi) is 3.31. The lowest BCUT2D eigenvalue weighted by molar-refractivity contribution is 0.548. The predicted molar refractivity (Wildman–Crippen MR) is 62.7 cm³/mol. The van der Waals surface area contributed by atoms with Crippen LogP contribution in [0.2, 0.25) is 0 Å². The van der Waals surface area contributed by atoms with Crippen LogP contribution in [-0.4, -0.2) is 14.8 Å². The molecular formula is C12H16N4. The average Bonchev–Trinajstić information content (AvgIpc) is 2.73. The van der Waals surface area contributed by atoms with E-state index in [1.807, 2.05) is 17.7 Å². The number of rotatable bonds is 4. The Morgan fingerprint density at radius 2 is 2.06 bits per heavy atom. The Morgan fingerprint density at radius 1 is 1.31 bits per heavy atom. The third kappa shape index (κ3) is 2.46. The maximum Gasteiger partial charge on any atom is 0.146 e. The minimum atomic E-state index is 0.318. The summed E-state index contributed by atoms with van der Waals surface area (Å²) in [6.45, 7) is 2.87. The van der Waals surface area contributed by atoms with Crippen molar-refractivity contribution in [3.8, 4) is 0 Å². The minimum Gasteiger partial charge on any atom is -0.320 e. The maximum absolute atomic E-state index is 4.03. The van der Waals surface area contributed by atoms with E-state index in [9.17, 15) is 0 Å². The molecule has 0 saturated heterocycles. The highest BCUT2D eigenvalue weighted by Crippen LogP contribution is 2.11. The van der Waals surface area contributed by atoms with Crippen molar-refractivity contribution in [1.82, 2.24) is 20.1 Å². The normalized spacial score (nSPS) is 12.6. The molecule has 2 aromatic rings. The molecule has 0 bridgehead atoms. The van der Waals surface area contributed by atoms with E-state index in [0.29, 0.717) is 6.04 Å². The number of hydrogen-bond acceptors (Lipinski definition) is 3. The highest BCUT2D eigenvalue weighted by atomic mass is 15.3. The third-order valence-electron chi connectivity index (χ3n) is 2.67. The summed E-state index contributed by atoms with van der Waals surface area (Å²) in [5, 5.41) is 11.3. The highest BCUT2D eigenvalue weighted by Gasteiger charge is 2.06. The molecule has 1 atom stereocenters. The zero-order chi connectivity index (χ0) is 11.4. The molecule has 1 heterocycles. The van der Waals surface area contributed by atoms with Crippen LogP contribution in [0.4, 0.5) is 0 Å². The van der Waals surface area contributed by atoms with E-state index in [2.05, 4.69) is 46.7 Å². The van der Waals surface area contributed by atoms with Gasteiger partial charge in [0.25, 0.3) is 0 Å².